The fourth-order valence-electron chi connectivity index (χ4n) is 0.971. The zero-order chi connectivity index (χ0) is 6.97. The summed E-state index contributed by atoms with van der Waals surface area (Å²) in [4.78, 5) is 16.0. The van der Waals surface area contributed by atoms with Crippen molar-refractivity contribution >= 4 is 23.1 Å². The smallest absolute Gasteiger partial charge is 0.225 e. The van der Waals surface area contributed by atoms with E-state index in [4.69, 9.17) is 0 Å². The van der Waals surface area contributed by atoms with Crippen molar-refractivity contribution < 1.29 is 4.79 Å². The highest BCUT2D eigenvalue weighted by atomic mass is 32.1. The van der Waals surface area contributed by atoms with Gasteiger partial charge in [0.15, 0.2) is 0 Å². The van der Waals surface area contributed by atoms with Crippen LogP contribution < -0.4 is 5.32 Å². The van der Waals surface area contributed by atoms with E-state index in [1.807, 2.05) is 0 Å². The number of carbonyl (C=O) groups excluding carboxylic acids is 1. The van der Waals surface area contributed by atoms with Crippen LogP contribution in [0.1, 0.15) is 11.3 Å². The highest BCUT2D eigenvalue weighted by Gasteiger charge is 2.15. The fraction of sp³-hybridized carbons (Fsp3) is 0.333. The van der Waals surface area contributed by atoms with E-state index in [0.29, 0.717) is 6.42 Å². The van der Waals surface area contributed by atoms with Crippen molar-refractivity contribution in [3.63, 3.8) is 0 Å². The number of nitrogens with one attached hydrogen (secondary N) is 1. The van der Waals surface area contributed by atoms with Crippen molar-refractivity contribution in [1.82, 2.24) is 4.98 Å². The molecule has 0 radical (unpaired) electrons. The van der Waals surface area contributed by atoms with Crippen molar-refractivity contribution in [2.24, 2.45) is 0 Å². The molecule has 52 valence electrons. The molecule has 1 N–H and O–H groups in total. The molecule has 1 aromatic rings. The van der Waals surface area contributed by atoms with Crippen LogP contribution in [0.4, 0.5) is 5.82 Å². The van der Waals surface area contributed by atoms with Gasteiger partial charge in [0.05, 0.1) is 5.51 Å². The summed E-state index contributed by atoms with van der Waals surface area (Å²) in [5.41, 5.74) is 1.76. The third-order valence-corrected chi connectivity index (χ3v) is 2.37. The molecule has 2 rings (SSSR count). The molecule has 0 fully saturated rings. The lowest BCUT2D eigenvalue weighted by molar-refractivity contribution is -0.116. The molecule has 0 unspecified atom stereocenters. The minimum Gasteiger partial charge on any atom is -0.310 e. The molecule has 0 spiro atoms. The molecule has 0 atom stereocenters. The average Bonchev–Trinajstić information content (AvgIpc) is 2.33. The Morgan fingerprint density at radius 2 is 2.50 bits per heavy atom. The summed E-state index contributed by atoms with van der Waals surface area (Å²) >= 11 is 1.60. The number of aryl methyl sites for hydroxylation is 1. The van der Waals surface area contributed by atoms with Crippen molar-refractivity contribution in [3.05, 3.63) is 10.4 Å². The summed E-state index contributed by atoms with van der Waals surface area (Å²) in [7, 11) is 0. The number of rotatable bonds is 0. The molecule has 4 heteroatoms. The van der Waals surface area contributed by atoms with Crippen LogP contribution in [0.2, 0.25) is 0 Å². The van der Waals surface area contributed by atoms with Crippen LogP contribution >= 0.6 is 11.3 Å². The van der Waals surface area contributed by atoms with Crippen LogP contribution in [0.5, 0.6) is 0 Å². The van der Waals surface area contributed by atoms with E-state index in [2.05, 4.69) is 10.3 Å². The first-order valence-electron chi connectivity index (χ1n) is 3.08. The summed E-state index contributed by atoms with van der Waals surface area (Å²) < 4.78 is 0. The number of hydrogen-bond donors (Lipinski definition) is 1. The van der Waals surface area contributed by atoms with Gasteiger partial charge in [0.25, 0.3) is 0 Å². The predicted molar refractivity (Wildman–Crippen MR) is 39.1 cm³/mol. The van der Waals surface area contributed by atoms with Gasteiger partial charge < -0.3 is 5.32 Å². The number of thiazole rings is 1. The monoisotopic (exact) mass is 154 g/mol. The highest BCUT2D eigenvalue weighted by molar-refractivity contribution is 7.10. The second-order valence-electron chi connectivity index (χ2n) is 2.17. The number of aromatic nitrogens is 1. The lowest BCUT2D eigenvalue weighted by atomic mass is 10.2. The Hall–Kier alpha value is -0.900. The van der Waals surface area contributed by atoms with Gasteiger partial charge in [-0.15, -0.1) is 11.3 Å². The van der Waals surface area contributed by atoms with Gasteiger partial charge in [-0.05, 0) is 6.42 Å². The Morgan fingerprint density at radius 3 is 3.40 bits per heavy atom. The third-order valence-electron chi connectivity index (χ3n) is 1.48. The SMILES string of the molecule is O=C1CCc2scnc2N1. The number of nitrogens with zero attached hydrogens (tertiary/aromatic N) is 1. The first-order valence-corrected chi connectivity index (χ1v) is 3.96. The molecule has 1 aliphatic rings. The molecule has 0 saturated heterocycles. The summed E-state index contributed by atoms with van der Waals surface area (Å²) in [5.74, 6) is 0.847. The molecule has 0 aromatic carbocycles. The lowest BCUT2D eigenvalue weighted by Gasteiger charge is -2.09. The van der Waals surface area contributed by atoms with Crippen molar-refractivity contribution in [2.45, 2.75) is 12.8 Å². The summed E-state index contributed by atoms with van der Waals surface area (Å²) in [5, 5.41) is 2.70. The molecule has 10 heavy (non-hydrogen) atoms. The molecule has 0 bridgehead atoms. The van der Waals surface area contributed by atoms with Gasteiger partial charge in [0, 0.05) is 11.3 Å². The highest BCUT2D eigenvalue weighted by Crippen LogP contribution is 2.23. The quantitative estimate of drug-likeness (QED) is 0.606. The zero-order valence-corrected chi connectivity index (χ0v) is 6.07. The van der Waals surface area contributed by atoms with E-state index in [0.717, 1.165) is 12.2 Å². The van der Waals surface area contributed by atoms with E-state index in [-0.39, 0.29) is 5.91 Å². The zero-order valence-electron chi connectivity index (χ0n) is 5.26. The Balaban J connectivity index is 2.39. The summed E-state index contributed by atoms with van der Waals surface area (Å²) in [6.45, 7) is 0. The van der Waals surface area contributed by atoms with Gasteiger partial charge in [-0.25, -0.2) is 4.98 Å². The van der Waals surface area contributed by atoms with Crippen molar-refractivity contribution in [2.75, 3.05) is 5.32 Å². The van der Waals surface area contributed by atoms with Crippen molar-refractivity contribution in [1.29, 1.82) is 0 Å². The largest absolute Gasteiger partial charge is 0.310 e. The maximum absolute atomic E-state index is 10.8. The Labute approximate surface area is 62.1 Å². The van der Waals surface area contributed by atoms with Gasteiger partial charge >= 0.3 is 0 Å². The topological polar surface area (TPSA) is 42.0 Å². The first kappa shape index (κ1) is 5.85. The number of carbonyl (C=O) groups is 1. The second-order valence-corrected chi connectivity index (χ2v) is 3.11. The van der Waals surface area contributed by atoms with E-state index in [1.165, 1.54) is 4.88 Å². The normalized spacial score (nSPS) is 16.2. The standard InChI is InChI=1S/C6H6N2OS/c9-5-2-1-4-6(8-5)7-3-10-4/h3H,1-2H2,(H,8,9). The molecule has 1 amide bonds. The first-order chi connectivity index (χ1) is 4.86. The lowest BCUT2D eigenvalue weighted by Crippen LogP contribution is -2.17. The molecule has 1 aliphatic heterocycles. The predicted octanol–water partition coefficient (Wildman–Crippen LogP) is 1.03. The molecular weight excluding hydrogens is 148 g/mol. The van der Waals surface area contributed by atoms with E-state index in [9.17, 15) is 4.79 Å². The van der Waals surface area contributed by atoms with Crippen LogP contribution in [0.3, 0.4) is 0 Å². The van der Waals surface area contributed by atoms with E-state index < -0.39 is 0 Å². The minimum absolute atomic E-state index is 0.0819. The Bertz CT molecular complexity index is 268. The van der Waals surface area contributed by atoms with Crippen LogP contribution in [-0.2, 0) is 11.2 Å². The number of amides is 1. The van der Waals surface area contributed by atoms with Crippen LogP contribution in [0, 0.1) is 0 Å². The maximum atomic E-state index is 10.8. The number of anilines is 1. The fourth-order valence-corrected chi connectivity index (χ4v) is 1.69. The van der Waals surface area contributed by atoms with Crippen LogP contribution in [-0.4, -0.2) is 10.9 Å². The second kappa shape index (κ2) is 2.05. The average molecular weight is 154 g/mol. The molecule has 1 aromatic heterocycles. The molecule has 2 heterocycles. The third kappa shape index (κ3) is 0.806. The van der Waals surface area contributed by atoms with E-state index >= 15 is 0 Å². The minimum atomic E-state index is 0.0819. The van der Waals surface area contributed by atoms with Gasteiger partial charge in [-0.1, -0.05) is 0 Å². The molecule has 0 aliphatic carbocycles. The summed E-state index contributed by atoms with van der Waals surface area (Å²) in [6.07, 6.45) is 1.46. The van der Waals surface area contributed by atoms with E-state index in [1.54, 1.807) is 16.8 Å². The Kier molecular flexibility index (Phi) is 1.20. The van der Waals surface area contributed by atoms with Gasteiger partial charge in [-0.2, -0.15) is 0 Å². The van der Waals surface area contributed by atoms with Crippen LogP contribution in [0.15, 0.2) is 5.51 Å². The summed E-state index contributed by atoms with van der Waals surface area (Å²) in [6, 6.07) is 0. The van der Waals surface area contributed by atoms with Gasteiger partial charge in [-0.3, -0.25) is 4.79 Å². The van der Waals surface area contributed by atoms with Crippen LogP contribution in [0.25, 0.3) is 0 Å². The number of fused-ring (bicyclic) bond motifs is 1. The molecule has 0 saturated carbocycles. The van der Waals surface area contributed by atoms with Gasteiger partial charge in [0.2, 0.25) is 5.91 Å². The maximum Gasteiger partial charge on any atom is 0.225 e. The van der Waals surface area contributed by atoms with Gasteiger partial charge in [0.1, 0.15) is 5.82 Å². The Morgan fingerprint density at radius 1 is 1.60 bits per heavy atom. The van der Waals surface area contributed by atoms with Crippen molar-refractivity contribution in [3.8, 4) is 0 Å². The molecular formula is C6H6N2OS. The molecule has 3 nitrogen and oxygen atoms in total. The number of hydrogen-bond acceptors (Lipinski definition) is 3.